The number of halogens is 1. The number of hydrogen-bond acceptors (Lipinski definition) is 5. The first kappa shape index (κ1) is 23.1. The van der Waals surface area contributed by atoms with Crippen LogP contribution in [0.25, 0.3) is 16.8 Å². The molecule has 0 radical (unpaired) electrons. The van der Waals surface area contributed by atoms with E-state index in [-0.39, 0.29) is 16.2 Å². The third-order valence-corrected chi connectivity index (χ3v) is 6.37. The molecular weight excluding hydrogens is 472 g/mol. The molecule has 0 spiro atoms. The molecule has 0 saturated heterocycles. The van der Waals surface area contributed by atoms with Gasteiger partial charge in [-0.1, -0.05) is 54.1 Å². The minimum Gasteiger partial charge on any atom is -0.379 e. The molecule has 168 valence electrons. The van der Waals surface area contributed by atoms with Gasteiger partial charge in [0.1, 0.15) is 22.3 Å². The first-order valence-electron chi connectivity index (χ1n) is 10.1. The van der Waals surface area contributed by atoms with Gasteiger partial charge in [0.15, 0.2) is 0 Å². The van der Waals surface area contributed by atoms with Crippen molar-refractivity contribution in [3.63, 3.8) is 0 Å². The second kappa shape index (κ2) is 9.79. The van der Waals surface area contributed by atoms with Crippen molar-refractivity contribution in [1.82, 2.24) is 0 Å². The van der Waals surface area contributed by atoms with Crippen LogP contribution in [0.3, 0.4) is 0 Å². The van der Waals surface area contributed by atoms with Crippen molar-refractivity contribution in [2.45, 2.75) is 4.90 Å². The number of fused-ring (bicyclic) bond motifs is 1. The molecule has 34 heavy (non-hydrogen) atoms. The Balaban J connectivity index is 1.49. The lowest BCUT2D eigenvalue weighted by molar-refractivity contribution is -0.112. The van der Waals surface area contributed by atoms with Gasteiger partial charge in [-0.05, 0) is 70.9 Å². The molecule has 1 amide bonds. The second-order valence-corrected chi connectivity index (χ2v) is 9.23. The molecule has 0 unspecified atom stereocenters. The summed E-state index contributed by atoms with van der Waals surface area (Å²) in [5.74, 6) is -0.474. The van der Waals surface area contributed by atoms with Gasteiger partial charge in [0, 0.05) is 10.7 Å². The summed E-state index contributed by atoms with van der Waals surface area (Å²) >= 11 is 5.83. The Labute approximate surface area is 201 Å². The van der Waals surface area contributed by atoms with E-state index >= 15 is 0 Å². The number of hydrogen-bond donors (Lipinski definition) is 1. The molecule has 0 heterocycles. The summed E-state index contributed by atoms with van der Waals surface area (Å²) in [5, 5.41) is 14.2. The van der Waals surface area contributed by atoms with Crippen LogP contribution in [0.1, 0.15) is 5.56 Å². The van der Waals surface area contributed by atoms with E-state index in [1.807, 2.05) is 30.3 Å². The fourth-order valence-electron chi connectivity index (χ4n) is 3.16. The molecule has 0 aliphatic rings. The standard InChI is InChI=1S/C26H17ClN2O4S/c27-22-8-10-23(11-9-22)29-26(30)21(17-28)15-18-5-12-24(13-6-18)33-34(31,32)25-14-7-19-3-1-2-4-20(19)16-25/h1-16H,(H,29,30)/b21-15-. The third-order valence-electron chi connectivity index (χ3n) is 4.87. The minimum absolute atomic E-state index is 0.0424. The van der Waals surface area contributed by atoms with Crippen LogP contribution in [0.2, 0.25) is 5.02 Å². The highest BCUT2D eigenvalue weighted by Gasteiger charge is 2.17. The maximum absolute atomic E-state index is 12.7. The van der Waals surface area contributed by atoms with Gasteiger partial charge in [0.05, 0.1) is 0 Å². The van der Waals surface area contributed by atoms with Crippen LogP contribution in [-0.4, -0.2) is 14.3 Å². The van der Waals surface area contributed by atoms with Gasteiger partial charge >= 0.3 is 10.1 Å². The fraction of sp³-hybridized carbons (Fsp3) is 0. The molecule has 8 heteroatoms. The van der Waals surface area contributed by atoms with Crippen molar-refractivity contribution >= 4 is 50.2 Å². The molecule has 0 fully saturated rings. The average Bonchev–Trinajstić information content (AvgIpc) is 2.84. The van der Waals surface area contributed by atoms with Crippen molar-refractivity contribution < 1.29 is 17.4 Å². The van der Waals surface area contributed by atoms with Gasteiger partial charge < -0.3 is 9.50 Å². The second-order valence-electron chi connectivity index (χ2n) is 7.25. The van der Waals surface area contributed by atoms with Crippen LogP contribution in [-0.2, 0) is 14.9 Å². The number of carbonyl (C=O) groups excluding carboxylic acids is 1. The zero-order chi connectivity index (χ0) is 24.1. The monoisotopic (exact) mass is 488 g/mol. The molecular formula is C26H17ClN2O4S. The largest absolute Gasteiger partial charge is 0.379 e. The summed E-state index contributed by atoms with van der Waals surface area (Å²) in [6, 6.07) is 26.6. The highest BCUT2D eigenvalue weighted by atomic mass is 35.5. The molecule has 1 N–H and O–H groups in total. The van der Waals surface area contributed by atoms with Gasteiger partial charge in [-0.25, -0.2) is 0 Å². The number of rotatable bonds is 6. The quantitative estimate of drug-likeness (QED) is 0.210. The smallest absolute Gasteiger partial charge is 0.339 e. The van der Waals surface area contributed by atoms with E-state index in [4.69, 9.17) is 15.8 Å². The van der Waals surface area contributed by atoms with E-state index in [1.165, 1.54) is 24.3 Å². The van der Waals surface area contributed by atoms with Crippen molar-refractivity contribution in [3.05, 3.63) is 107 Å². The molecule has 4 aromatic carbocycles. The van der Waals surface area contributed by atoms with E-state index in [0.29, 0.717) is 16.3 Å². The number of nitrogens with one attached hydrogen (secondary N) is 1. The number of amides is 1. The summed E-state index contributed by atoms with van der Waals surface area (Å²) in [6.07, 6.45) is 1.40. The van der Waals surface area contributed by atoms with Crippen LogP contribution in [0.15, 0.2) is 101 Å². The zero-order valence-corrected chi connectivity index (χ0v) is 19.2. The van der Waals surface area contributed by atoms with Gasteiger partial charge in [0.2, 0.25) is 0 Å². The van der Waals surface area contributed by atoms with Gasteiger partial charge in [0.25, 0.3) is 5.91 Å². The van der Waals surface area contributed by atoms with Crippen molar-refractivity contribution in [2.24, 2.45) is 0 Å². The van der Waals surface area contributed by atoms with Crippen LogP contribution in [0.4, 0.5) is 5.69 Å². The highest BCUT2D eigenvalue weighted by molar-refractivity contribution is 7.87. The van der Waals surface area contributed by atoms with E-state index in [1.54, 1.807) is 48.5 Å². The van der Waals surface area contributed by atoms with Gasteiger partial charge in [-0.15, -0.1) is 0 Å². The lowest BCUT2D eigenvalue weighted by Gasteiger charge is -2.08. The molecule has 0 saturated carbocycles. The van der Waals surface area contributed by atoms with E-state index in [0.717, 1.165) is 10.8 Å². The summed E-state index contributed by atoms with van der Waals surface area (Å²) in [5.41, 5.74) is 0.906. The van der Waals surface area contributed by atoms with E-state index in [9.17, 15) is 18.5 Å². The molecule has 0 atom stereocenters. The number of nitriles is 1. The van der Waals surface area contributed by atoms with E-state index in [2.05, 4.69) is 5.32 Å². The lowest BCUT2D eigenvalue weighted by atomic mass is 10.1. The maximum atomic E-state index is 12.7. The first-order valence-corrected chi connectivity index (χ1v) is 11.8. The third kappa shape index (κ3) is 5.44. The topological polar surface area (TPSA) is 96.3 Å². The minimum atomic E-state index is -4.04. The highest BCUT2D eigenvalue weighted by Crippen LogP contribution is 2.24. The zero-order valence-electron chi connectivity index (χ0n) is 17.6. The summed E-state index contributed by atoms with van der Waals surface area (Å²) < 4.78 is 30.7. The molecule has 0 aliphatic heterocycles. The van der Waals surface area contributed by atoms with Gasteiger partial charge in [-0.2, -0.15) is 13.7 Å². The predicted molar refractivity (Wildman–Crippen MR) is 132 cm³/mol. The molecule has 0 bridgehead atoms. The molecule has 4 aromatic rings. The van der Waals surface area contributed by atoms with Crippen molar-refractivity contribution in [1.29, 1.82) is 5.26 Å². The normalized spacial score (nSPS) is 11.6. The number of nitrogens with zero attached hydrogens (tertiary/aromatic N) is 1. The van der Waals surface area contributed by atoms with Crippen molar-refractivity contribution in [2.75, 3.05) is 5.32 Å². The number of anilines is 1. The molecule has 0 aliphatic carbocycles. The fourth-order valence-corrected chi connectivity index (χ4v) is 4.26. The number of carbonyl (C=O) groups is 1. The Morgan fingerprint density at radius 3 is 2.26 bits per heavy atom. The summed E-state index contributed by atoms with van der Waals surface area (Å²) in [6.45, 7) is 0. The Morgan fingerprint density at radius 1 is 0.912 bits per heavy atom. The predicted octanol–water partition coefficient (Wildman–Crippen LogP) is 5.81. The maximum Gasteiger partial charge on any atom is 0.339 e. The Bertz CT molecular complexity index is 1540. The van der Waals surface area contributed by atoms with Crippen molar-refractivity contribution in [3.8, 4) is 11.8 Å². The van der Waals surface area contributed by atoms with Crippen LogP contribution < -0.4 is 9.50 Å². The Morgan fingerprint density at radius 2 is 1.59 bits per heavy atom. The average molecular weight is 489 g/mol. The SMILES string of the molecule is N#C/C(=C/c1ccc(OS(=O)(=O)c2ccc3ccccc3c2)cc1)C(=O)Nc1ccc(Cl)cc1. The first-order chi connectivity index (χ1) is 16.3. The number of benzene rings is 4. The Hall–Kier alpha value is -4.12. The lowest BCUT2D eigenvalue weighted by Crippen LogP contribution is -2.13. The van der Waals surface area contributed by atoms with E-state index < -0.39 is 16.0 Å². The van der Waals surface area contributed by atoms with Crippen LogP contribution in [0, 0.1) is 11.3 Å². The summed E-state index contributed by atoms with van der Waals surface area (Å²) in [7, 11) is -4.04. The summed E-state index contributed by atoms with van der Waals surface area (Å²) in [4.78, 5) is 12.4. The van der Waals surface area contributed by atoms with Crippen LogP contribution in [0.5, 0.6) is 5.75 Å². The molecule has 0 aromatic heterocycles. The van der Waals surface area contributed by atoms with Crippen LogP contribution >= 0.6 is 11.6 Å². The Kier molecular flexibility index (Phi) is 6.64. The van der Waals surface area contributed by atoms with Gasteiger partial charge in [-0.3, -0.25) is 4.79 Å². The molecule has 6 nitrogen and oxygen atoms in total. The molecule has 4 rings (SSSR count).